The molecule has 5 heteroatoms. The molecule has 5 nitrogen and oxygen atoms in total. The normalized spacial score (nSPS) is 16.3. The zero-order valence-electron chi connectivity index (χ0n) is 9.27. The van der Waals surface area contributed by atoms with Gasteiger partial charge < -0.3 is 5.32 Å². The molecule has 1 saturated carbocycles. The highest BCUT2D eigenvalue weighted by atomic mass is 16.6. The van der Waals surface area contributed by atoms with Gasteiger partial charge in [-0.05, 0) is 25.8 Å². The summed E-state index contributed by atoms with van der Waals surface area (Å²) in [6.45, 7) is 1.74. The number of hydrogen-bond donors (Lipinski definition) is 1. The Morgan fingerprint density at radius 3 is 2.75 bits per heavy atom. The summed E-state index contributed by atoms with van der Waals surface area (Å²) in [4.78, 5) is 14.3. The number of pyridine rings is 1. The Morgan fingerprint density at radius 1 is 1.50 bits per heavy atom. The van der Waals surface area contributed by atoms with Crippen molar-refractivity contribution >= 4 is 11.5 Å². The molecule has 2 rings (SSSR count). The van der Waals surface area contributed by atoms with Crippen LogP contribution in [0.1, 0.15) is 31.2 Å². The van der Waals surface area contributed by atoms with Crippen molar-refractivity contribution in [2.45, 2.75) is 38.6 Å². The van der Waals surface area contributed by atoms with E-state index in [2.05, 4.69) is 10.3 Å². The van der Waals surface area contributed by atoms with Crippen molar-refractivity contribution < 1.29 is 4.92 Å². The maximum atomic E-state index is 10.6. The van der Waals surface area contributed by atoms with Crippen molar-refractivity contribution in [2.24, 2.45) is 0 Å². The minimum Gasteiger partial charge on any atom is -0.367 e. The Kier molecular flexibility index (Phi) is 3.03. The van der Waals surface area contributed by atoms with E-state index in [4.69, 9.17) is 0 Å². The lowest BCUT2D eigenvalue weighted by molar-refractivity contribution is -0.385. The third-order valence-electron chi connectivity index (χ3n) is 2.99. The zero-order valence-corrected chi connectivity index (χ0v) is 9.27. The average molecular weight is 221 g/mol. The molecule has 1 aromatic heterocycles. The molecule has 1 aliphatic carbocycles. The highest BCUT2D eigenvalue weighted by Crippen LogP contribution is 2.24. The molecule has 0 amide bonds. The van der Waals surface area contributed by atoms with E-state index in [1.165, 1.54) is 19.0 Å². The van der Waals surface area contributed by atoms with Crippen LogP contribution in [-0.2, 0) is 0 Å². The molecule has 0 spiro atoms. The van der Waals surface area contributed by atoms with Crippen LogP contribution >= 0.6 is 0 Å². The number of nitro groups is 1. The molecule has 1 heterocycles. The van der Waals surface area contributed by atoms with Crippen LogP contribution in [0.4, 0.5) is 11.5 Å². The first-order valence-electron chi connectivity index (χ1n) is 5.54. The zero-order chi connectivity index (χ0) is 11.5. The number of nitrogens with one attached hydrogen (secondary N) is 1. The van der Waals surface area contributed by atoms with Gasteiger partial charge in [0.1, 0.15) is 12.0 Å². The largest absolute Gasteiger partial charge is 0.367 e. The van der Waals surface area contributed by atoms with Crippen molar-refractivity contribution in [1.29, 1.82) is 0 Å². The highest BCUT2D eigenvalue weighted by molar-refractivity contribution is 5.47. The lowest BCUT2D eigenvalue weighted by Crippen LogP contribution is -2.15. The predicted molar refractivity (Wildman–Crippen MR) is 61.5 cm³/mol. The Labute approximate surface area is 94.0 Å². The van der Waals surface area contributed by atoms with Gasteiger partial charge in [0.25, 0.3) is 5.69 Å². The van der Waals surface area contributed by atoms with Gasteiger partial charge in [-0.15, -0.1) is 0 Å². The monoisotopic (exact) mass is 221 g/mol. The maximum absolute atomic E-state index is 10.6. The molecule has 1 N–H and O–H groups in total. The second-order valence-corrected chi connectivity index (χ2v) is 4.24. The fraction of sp³-hybridized carbons (Fsp3) is 0.545. The Bertz CT molecular complexity index is 400. The molecule has 1 aromatic rings. The van der Waals surface area contributed by atoms with E-state index in [0.29, 0.717) is 11.6 Å². The number of rotatable bonds is 3. The molecule has 86 valence electrons. The third kappa shape index (κ3) is 2.29. The summed E-state index contributed by atoms with van der Waals surface area (Å²) in [5.41, 5.74) is 0.734. The molecular weight excluding hydrogens is 206 g/mol. The van der Waals surface area contributed by atoms with Gasteiger partial charge in [0.15, 0.2) is 0 Å². The Hall–Kier alpha value is -1.65. The third-order valence-corrected chi connectivity index (χ3v) is 2.99. The molecule has 0 aromatic carbocycles. The molecular formula is C11H15N3O2. The van der Waals surface area contributed by atoms with Crippen LogP contribution in [0.5, 0.6) is 0 Å². The number of aromatic nitrogens is 1. The molecule has 1 aliphatic rings. The quantitative estimate of drug-likeness (QED) is 0.629. The van der Waals surface area contributed by atoms with Gasteiger partial charge in [-0.2, -0.15) is 0 Å². The van der Waals surface area contributed by atoms with Gasteiger partial charge in [0.2, 0.25) is 0 Å². The Morgan fingerprint density at radius 2 is 2.19 bits per heavy atom. The molecule has 0 aliphatic heterocycles. The fourth-order valence-corrected chi connectivity index (χ4v) is 2.10. The first-order valence-corrected chi connectivity index (χ1v) is 5.54. The van der Waals surface area contributed by atoms with Crippen LogP contribution in [0.3, 0.4) is 0 Å². The minimum absolute atomic E-state index is 0.0805. The van der Waals surface area contributed by atoms with Gasteiger partial charge in [-0.3, -0.25) is 10.1 Å². The summed E-state index contributed by atoms with van der Waals surface area (Å²) >= 11 is 0. The molecule has 0 bridgehead atoms. The molecule has 16 heavy (non-hydrogen) atoms. The maximum Gasteiger partial charge on any atom is 0.290 e. The molecule has 1 fully saturated rings. The Balaban J connectivity index is 2.11. The van der Waals surface area contributed by atoms with Crippen LogP contribution in [-0.4, -0.2) is 15.9 Å². The van der Waals surface area contributed by atoms with Gasteiger partial charge in [-0.25, -0.2) is 4.98 Å². The van der Waals surface area contributed by atoms with E-state index in [9.17, 15) is 10.1 Å². The van der Waals surface area contributed by atoms with Crippen LogP contribution in [0.15, 0.2) is 12.3 Å². The van der Waals surface area contributed by atoms with E-state index in [1.807, 2.05) is 0 Å². The van der Waals surface area contributed by atoms with Gasteiger partial charge >= 0.3 is 0 Å². The number of nitrogens with zero attached hydrogens (tertiary/aromatic N) is 2. The van der Waals surface area contributed by atoms with Crippen molar-refractivity contribution in [3.05, 3.63) is 27.9 Å². The summed E-state index contributed by atoms with van der Waals surface area (Å²) in [5, 5.41) is 13.9. The van der Waals surface area contributed by atoms with E-state index in [1.54, 1.807) is 13.0 Å². The lowest BCUT2D eigenvalue weighted by Gasteiger charge is -2.12. The summed E-state index contributed by atoms with van der Waals surface area (Å²) < 4.78 is 0. The van der Waals surface area contributed by atoms with Gasteiger partial charge in [0, 0.05) is 11.6 Å². The smallest absolute Gasteiger partial charge is 0.290 e. The van der Waals surface area contributed by atoms with Crippen molar-refractivity contribution in [2.75, 3.05) is 5.32 Å². The van der Waals surface area contributed by atoms with Crippen LogP contribution in [0, 0.1) is 17.0 Å². The predicted octanol–water partition coefficient (Wildman–Crippen LogP) is 2.65. The minimum atomic E-state index is -0.401. The standard InChI is InChI=1S/C11H15N3O2/c1-8-6-11(12-7-10(8)14(15)16)13-9-4-2-3-5-9/h6-7,9H,2-5H2,1H3,(H,12,13). The van der Waals surface area contributed by atoms with Gasteiger partial charge in [0.05, 0.1) is 4.92 Å². The topological polar surface area (TPSA) is 68.1 Å². The number of anilines is 1. The van der Waals surface area contributed by atoms with E-state index >= 15 is 0 Å². The lowest BCUT2D eigenvalue weighted by atomic mass is 10.2. The second-order valence-electron chi connectivity index (χ2n) is 4.24. The van der Waals surface area contributed by atoms with Crippen LogP contribution < -0.4 is 5.32 Å². The van der Waals surface area contributed by atoms with E-state index in [-0.39, 0.29) is 5.69 Å². The molecule has 0 saturated heterocycles. The van der Waals surface area contributed by atoms with Crippen molar-refractivity contribution in [3.8, 4) is 0 Å². The molecule has 0 atom stereocenters. The SMILES string of the molecule is Cc1cc(NC2CCCC2)ncc1[N+](=O)[O-]. The number of aryl methyl sites for hydroxylation is 1. The fourth-order valence-electron chi connectivity index (χ4n) is 2.10. The van der Waals surface area contributed by atoms with Crippen molar-refractivity contribution in [1.82, 2.24) is 4.98 Å². The molecule has 0 unspecified atom stereocenters. The summed E-state index contributed by atoms with van der Waals surface area (Å²) in [6, 6.07) is 2.23. The average Bonchev–Trinajstić information content (AvgIpc) is 2.70. The summed E-state index contributed by atoms with van der Waals surface area (Å²) in [7, 11) is 0. The highest BCUT2D eigenvalue weighted by Gasteiger charge is 2.16. The second kappa shape index (κ2) is 4.47. The van der Waals surface area contributed by atoms with Crippen molar-refractivity contribution in [3.63, 3.8) is 0 Å². The first-order chi connectivity index (χ1) is 7.66. The summed E-state index contributed by atoms with van der Waals surface area (Å²) in [5.74, 6) is 0.745. The van der Waals surface area contributed by atoms with E-state index < -0.39 is 4.92 Å². The van der Waals surface area contributed by atoms with Crippen LogP contribution in [0.2, 0.25) is 0 Å². The number of hydrogen-bond acceptors (Lipinski definition) is 4. The van der Waals surface area contributed by atoms with E-state index in [0.717, 1.165) is 18.7 Å². The van der Waals surface area contributed by atoms with Crippen LogP contribution in [0.25, 0.3) is 0 Å². The van der Waals surface area contributed by atoms with Gasteiger partial charge in [-0.1, -0.05) is 12.8 Å². The first kappa shape index (κ1) is 10.9. The molecule has 0 radical (unpaired) electrons. The summed E-state index contributed by atoms with van der Waals surface area (Å²) in [6.07, 6.45) is 6.16.